The van der Waals surface area contributed by atoms with Crippen LogP contribution >= 0.6 is 23.5 Å². The second-order valence-corrected chi connectivity index (χ2v) is 8.44. The Bertz CT molecular complexity index is 985. The molecule has 0 unspecified atom stereocenters. The Morgan fingerprint density at radius 2 is 1.27 bits per heavy atom. The van der Waals surface area contributed by atoms with Crippen molar-refractivity contribution in [3.63, 3.8) is 0 Å². The number of benzene rings is 3. The predicted molar refractivity (Wildman–Crippen MR) is 121 cm³/mol. The fourth-order valence-electron chi connectivity index (χ4n) is 3.07. The van der Waals surface area contributed by atoms with E-state index in [4.69, 9.17) is 4.74 Å². The van der Waals surface area contributed by atoms with Crippen LogP contribution in [-0.2, 0) is 10.3 Å². The van der Waals surface area contributed by atoms with Crippen molar-refractivity contribution < 1.29 is 14.5 Å². The van der Waals surface area contributed by atoms with Crippen molar-refractivity contribution in [2.45, 2.75) is 22.3 Å². The molecule has 0 saturated heterocycles. The van der Waals surface area contributed by atoms with Crippen LogP contribution in [-0.4, -0.2) is 23.4 Å². The first-order chi connectivity index (χ1) is 14.4. The van der Waals surface area contributed by atoms with Gasteiger partial charge in [0.15, 0.2) is 5.60 Å². The summed E-state index contributed by atoms with van der Waals surface area (Å²) in [5.41, 5.74) is 0.843. The first-order valence-electron chi connectivity index (χ1n) is 9.14. The van der Waals surface area contributed by atoms with Crippen LogP contribution in [0.3, 0.4) is 0 Å². The van der Waals surface area contributed by atoms with Gasteiger partial charge in [-0.3, -0.25) is 10.1 Å². The summed E-state index contributed by atoms with van der Waals surface area (Å²) in [5.74, 6) is -0.546. The molecule has 0 aromatic heterocycles. The number of nitro benzene ring substituents is 1. The van der Waals surface area contributed by atoms with E-state index in [1.807, 2.05) is 68.0 Å². The number of carbonyl (C=O) groups excluding carboxylic acids is 1. The summed E-state index contributed by atoms with van der Waals surface area (Å²) in [7, 11) is 0. The van der Waals surface area contributed by atoms with E-state index in [-0.39, 0.29) is 11.3 Å². The minimum absolute atomic E-state index is 0.0744. The molecule has 5 nitrogen and oxygen atoms in total. The Kier molecular flexibility index (Phi) is 6.84. The number of esters is 1. The molecule has 0 bridgehead atoms. The van der Waals surface area contributed by atoms with E-state index in [1.165, 1.54) is 24.3 Å². The number of non-ortho nitro benzene ring substituents is 1. The number of rotatable bonds is 7. The van der Waals surface area contributed by atoms with E-state index in [0.717, 1.165) is 20.9 Å². The Morgan fingerprint density at radius 1 is 0.833 bits per heavy atom. The first kappa shape index (κ1) is 21.9. The van der Waals surface area contributed by atoms with E-state index < -0.39 is 16.5 Å². The Balaban J connectivity index is 1.99. The molecule has 0 saturated carbocycles. The van der Waals surface area contributed by atoms with Gasteiger partial charge in [-0.1, -0.05) is 24.3 Å². The van der Waals surface area contributed by atoms with Gasteiger partial charge in [0.25, 0.3) is 5.69 Å². The maximum atomic E-state index is 12.9. The third-order valence-electron chi connectivity index (χ3n) is 4.89. The fraction of sp³-hybridized carbons (Fsp3) is 0.174. The van der Waals surface area contributed by atoms with Crippen LogP contribution in [0.25, 0.3) is 0 Å². The van der Waals surface area contributed by atoms with E-state index in [0.29, 0.717) is 0 Å². The van der Waals surface area contributed by atoms with E-state index in [2.05, 4.69) is 0 Å². The second-order valence-electron chi connectivity index (χ2n) is 6.68. The van der Waals surface area contributed by atoms with Gasteiger partial charge >= 0.3 is 5.97 Å². The third kappa shape index (κ3) is 4.68. The second kappa shape index (κ2) is 9.36. The zero-order chi connectivity index (χ0) is 21.7. The van der Waals surface area contributed by atoms with Gasteiger partial charge in [-0.25, -0.2) is 4.79 Å². The highest BCUT2D eigenvalue weighted by Crippen LogP contribution is 2.36. The summed E-state index contributed by atoms with van der Waals surface area (Å²) >= 11 is 3.28. The van der Waals surface area contributed by atoms with Crippen LogP contribution in [0.5, 0.6) is 0 Å². The number of thioether (sulfide) groups is 2. The number of hydrogen-bond donors (Lipinski definition) is 0. The summed E-state index contributed by atoms with van der Waals surface area (Å²) in [6, 6.07) is 21.2. The van der Waals surface area contributed by atoms with Crippen molar-refractivity contribution in [2.24, 2.45) is 0 Å². The van der Waals surface area contributed by atoms with Crippen molar-refractivity contribution in [1.82, 2.24) is 0 Å². The summed E-state index contributed by atoms with van der Waals surface area (Å²) in [4.78, 5) is 25.5. The van der Waals surface area contributed by atoms with Crippen LogP contribution < -0.4 is 0 Å². The highest BCUT2D eigenvalue weighted by molar-refractivity contribution is 7.98. The van der Waals surface area contributed by atoms with Crippen molar-refractivity contribution in [1.29, 1.82) is 0 Å². The highest BCUT2D eigenvalue weighted by atomic mass is 32.2. The summed E-state index contributed by atoms with van der Waals surface area (Å²) < 4.78 is 6.02. The van der Waals surface area contributed by atoms with Gasteiger partial charge in [-0.2, -0.15) is 0 Å². The number of hydrogen-bond acceptors (Lipinski definition) is 6. The van der Waals surface area contributed by atoms with Crippen LogP contribution in [0, 0.1) is 10.1 Å². The van der Waals surface area contributed by atoms with Crippen LogP contribution in [0.2, 0.25) is 0 Å². The lowest BCUT2D eigenvalue weighted by Gasteiger charge is -2.31. The number of nitrogens with zero attached hydrogens (tertiary/aromatic N) is 1. The van der Waals surface area contributed by atoms with Gasteiger partial charge < -0.3 is 4.74 Å². The molecule has 7 heteroatoms. The quantitative estimate of drug-likeness (QED) is 0.190. The molecule has 0 atom stereocenters. The number of nitro groups is 1. The van der Waals surface area contributed by atoms with E-state index in [1.54, 1.807) is 23.5 Å². The molecule has 0 amide bonds. The zero-order valence-electron chi connectivity index (χ0n) is 16.8. The molecule has 0 aliphatic rings. The van der Waals surface area contributed by atoms with Gasteiger partial charge in [0.05, 0.1) is 10.5 Å². The normalized spacial score (nSPS) is 11.2. The summed E-state index contributed by atoms with van der Waals surface area (Å²) in [6.07, 6.45) is 4.01. The molecule has 0 aliphatic heterocycles. The highest BCUT2D eigenvalue weighted by Gasteiger charge is 2.34. The topological polar surface area (TPSA) is 69.4 Å². The summed E-state index contributed by atoms with van der Waals surface area (Å²) in [6.45, 7) is 1.86. The van der Waals surface area contributed by atoms with Crippen molar-refractivity contribution in [3.8, 4) is 0 Å². The molecule has 3 rings (SSSR count). The van der Waals surface area contributed by atoms with Crippen LogP contribution in [0.1, 0.15) is 28.4 Å². The minimum atomic E-state index is -1.02. The van der Waals surface area contributed by atoms with E-state index >= 15 is 0 Å². The minimum Gasteiger partial charge on any atom is -0.446 e. The Labute approximate surface area is 184 Å². The Hall–Kier alpha value is -2.77. The summed E-state index contributed by atoms with van der Waals surface area (Å²) in [5, 5.41) is 10.9. The lowest BCUT2D eigenvalue weighted by atomic mass is 9.88. The maximum Gasteiger partial charge on any atom is 0.339 e. The molecule has 154 valence electrons. The van der Waals surface area contributed by atoms with Gasteiger partial charge in [0.2, 0.25) is 0 Å². The van der Waals surface area contributed by atoms with Crippen LogP contribution in [0.15, 0.2) is 82.6 Å². The molecule has 0 N–H and O–H groups in total. The lowest BCUT2D eigenvalue weighted by molar-refractivity contribution is -0.384. The van der Waals surface area contributed by atoms with Crippen molar-refractivity contribution in [2.75, 3.05) is 12.5 Å². The Morgan fingerprint density at radius 3 is 1.63 bits per heavy atom. The van der Waals surface area contributed by atoms with Crippen molar-refractivity contribution in [3.05, 3.63) is 99.6 Å². The first-order valence-corrected chi connectivity index (χ1v) is 11.6. The molecule has 0 aliphatic carbocycles. The molecule has 30 heavy (non-hydrogen) atoms. The standard InChI is InChI=1S/C23H21NO4S2/c1-23(17-6-12-20(29-2)13-7-17,18-8-14-21(30-3)15-9-18)28-22(25)16-4-10-19(11-5-16)24(26)27/h4-15H,1-3H3. The predicted octanol–water partition coefficient (Wildman–Crippen LogP) is 6.16. The third-order valence-corrected chi connectivity index (χ3v) is 6.38. The van der Waals surface area contributed by atoms with Crippen molar-refractivity contribution >= 4 is 35.2 Å². The molecule has 0 heterocycles. The smallest absolute Gasteiger partial charge is 0.339 e. The largest absolute Gasteiger partial charge is 0.446 e. The molecular weight excluding hydrogens is 418 g/mol. The molecular formula is C23H21NO4S2. The molecule has 0 radical (unpaired) electrons. The van der Waals surface area contributed by atoms with Gasteiger partial charge in [0.1, 0.15) is 0 Å². The zero-order valence-corrected chi connectivity index (χ0v) is 18.5. The SMILES string of the molecule is CSc1ccc(C(C)(OC(=O)c2ccc([N+](=O)[O-])cc2)c2ccc(SC)cc2)cc1. The van der Waals surface area contributed by atoms with Gasteiger partial charge in [-0.05, 0) is 67.0 Å². The number of ether oxygens (including phenoxy) is 1. The van der Waals surface area contributed by atoms with Gasteiger partial charge in [-0.15, -0.1) is 23.5 Å². The molecule has 0 fully saturated rings. The molecule has 0 spiro atoms. The number of carbonyl (C=O) groups is 1. The van der Waals surface area contributed by atoms with Crippen LogP contribution in [0.4, 0.5) is 5.69 Å². The average molecular weight is 440 g/mol. The average Bonchev–Trinajstić information content (AvgIpc) is 2.79. The lowest BCUT2D eigenvalue weighted by Crippen LogP contribution is -2.30. The van der Waals surface area contributed by atoms with E-state index in [9.17, 15) is 14.9 Å². The monoisotopic (exact) mass is 439 g/mol. The fourth-order valence-corrected chi connectivity index (χ4v) is 3.88. The molecule has 3 aromatic rings. The maximum absolute atomic E-state index is 12.9. The van der Waals surface area contributed by atoms with Gasteiger partial charge in [0, 0.05) is 21.9 Å². The molecule has 3 aromatic carbocycles.